The van der Waals surface area contributed by atoms with Gasteiger partial charge in [0.25, 0.3) is 0 Å². The third kappa shape index (κ3) is 5.06. The molecule has 0 aliphatic carbocycles. The molecule has 0 spiro atoms. The van der Waals surface area contributed by atoms with Crippen molar-refractivity contribution in [3.63, 3.8) is 0 Å². The first-order chi connectivity index (χ1) is 5.69. The minimum absolute atomic E-state index is 0.170. The highest BCUT2D eigenvalue weighted by molar-refractivity contribution is 7.89. The highest BCUT2D eigenvalue weighted by atomic mass is 32.2. The van der Waals surface area contributed by atoms with Crippen LogP contribution in [0.1, 0.15) is 0 Å². The topological polar surface area (TPSA) is 57.6 Å². The fourth-order valence-corrected chi connectivity index (χ4v) is 1.51. The molecular weight excluding hydrogens is 211 g/mol. The molecule has 0 aromatic heterocycles. The van der Waals surface area contributed by atoms with E-state index in [0.29, 0.717) is 0 Å². The Morgan fingerprint density at radius 2 is 1.85 bits per heavy atom. The summed E-state index contributed by atoms with van der Waals surface area (Å²) in [7, 11) is -3.16. The van der Waals surface area contributed by atoms with Crippen LogP contribution < -0.4 is 0 Å². The summed E-state index contributed by atoms with van der Waals surface area (Å²) in [5.41, 5.74) is 0. The number of halogens is 3. The zero-order valence-electron chi connectivity index (χ0n) is 6.87. The second kappa shape index (κ2) is 4.25. The summed E-state index contributed by atoms with van der Waals surface area (Å²) in [4.78, 5) is 0. The van der Waals surface area contributed by atoms with E-state index in [-0.39, 0.29) is 4.31 Å². The van der Waals surface area contributed by atoms with Crippen LogP contribution >= 0.6 is 0 Å². The van der Waals surface area contributed by atoms with Crippen molar-refractivity contribution >= 4 is 10.0 Å². The van der Waals surface area contributed by atoms with Crippen molar-refractivity contribution in [1.82, 2.24) is 4.31 Å². The van der Waals surface area contributed by atoms with Gasteiger partial charge in [0.15, 0.2) is 0 Å². The SMILES string of the molecule is CN(CC(F)(F)F)S(=O)(=O)CCO. The number of rotatable bonds is 4. The fraction of sp³-hybridized carbons (Fsp3) is 1.00. The van der Waals surface area contributed by atoms with Crippen molar-refractivity contribution in [2.75, 3.05) is 26.0 Å². The lowest BCUT2D eigenvalue weighted by Crippen LogP contribution is -2.37. The number of aliphatic hydroxyl groups is 1. The number of hydrogen-bond donors (Lipinski definition) is 1. The van der Waals surface area contributed by atoms with Crippen molar-refractivity contribution in [2.24, 2.45) is 0 Å². The number of sulfonamides is 1. The second-order valence-electron chi connectivity index (χ2n) is 2.41. The van der Waals surface area contributed by atoms with E-state index < -0.39 is 35.1 Å². The van der Waals surface area contributed by atoms with Gasteiger partial charge in [-0.15, -0.1) is 0 Å². The first-order valence-corrected chi connectivity index (χ1v) is 4.91. The molecule has 0 atom stereocenters. The molecule has 0 aromatic rings. The van der Waals surface area contributed by atoms with Crippen LogP contribution in [0, 0.1) is 0 Å². The lowest BCUT2D eigenvalue weighted by Gasteiger charge is -2.17. The Morgan fingerprint density at radius 3 is 2.15 bits per heavy atom. The Hall–Kier alpha value is -0.340. The summed E-state index contributed by atoms with van der Waals surface area (Å²) < 4.78 is 57.0. The Bertz CT molecular complexity index is 248. The van der Waals surface area contributed by atoms with E-state index >= 15 is 0 Å². The molecule has 4 nitrogen and oxygen atoms in total. The van der Waals surface area contributed by atoms with Gasteiger partial charge in [-0.25, -0.2) is 8.42 Å². The Kier molecular flexibility index (Phi) is 4.14. The van der Waals surface area contributed by atoms with Crippen LogP contribution in [0.2, 0.25) is 0 Å². The number of hydrogen-bond acceptors (Lipinski definition) is 3. The van der Waals surface area contributed by atoms with Gasteiger partial charge in [0.1, 0.15) is 6.54 Å². The molecule has 0 unspecified atom stereocenters. The van der Waals surface area contributed by atoms with Crippen molar-refractivity contribution in [3.8, 4) is 0 Å². The molecule has 0 heterocycles. The molecular formula is C5H10F3NO3S. The zero-order valence-corrected chi connectivity index (χ0v) is 7.69. The molecule has 0 saturated carbocycles. The minimum atomic E-state index is -4.56. The molecule has 0 aliphatic rings. The Balaban J connectivity index is 4.35. The summed E-state index contributed by atoms with van der Waals surface area (Å²) in [5, 5.41) is 8.26. The number of alkyl halides is 3. The van der Waals surface area contributed by atoms with Crippen molar-refractivity contribution in [3.05, 3.63) is 0 Å². The molecule has 13 heavy (non-hydrogen) atoms. The molecule has 0 aliphatic heterocycles. The maximum atomic E-state index is 11.7. The van der Waals surface area contributed by atoms with E-state index in [2.05, 4.69) is 0 Å². The Labute approximate surface area is 74.0 Å². The molecule has 0 saturated heterocycles. The molecule has 80 valence electrons. The highest BCUT2D eigenvalue weighted by Gasteiger charge is 2.33. The third-order valence-corrected chi connectivity index (χ3v) is 3.00. The largest absolute Gasteiger partial charge is 0.402 e. The van der Waals surface area contributed by atoms with Crippen LogP contribution in [0.15, 0.2) is 0 Å². The highest BCUT2D eigenvalue weighted by Crippen LogP contribution is 2.17. The van der Waals surface area contributed by atoms with Gasteiger partial charge in [-0.3, -0.25) is 0 Å². The summed E-state index contributed by atoms with van der Waals surface area (Å²) in [6.45, 7) is -2.22. The van der Waals surface area contributed by atoms with Crippen LogP contribution in [-0.2, 0) is 10.0 Å². The molecule has 0 fully saturated rings. The average Bonchev–Trinajstić information content (AvgIpc) is 1.82. The molecule has 0 aromatic carbocycles. The molecule has 0 amide bonds. The molecule has 0 bridgehead atoms. The van der Waals surface area contributed by atoms with Crippen molar-refractivity contribution < 1.29 is 26.7 Å². The maximum absolute atomic E-state index is 11.7. The molecule has 8 heteroatoms. The zero-order chi connectivity index (χ0) is 10.7. The smallest absolute Gasteiger partial charge is 0.395 e. The number of nitrogens with zero attached hydrogens (tertiary/aromatic N) is 1. The van der Waals surface area contributed by atoms with E-state index in [1.807, 2.05) is 0 Å². The first-order valence-electron chi connectivity index (χ1n) is 3.30. The van der Waals surface area contributed by atoms with E-state index in [9.17, 15) is 21.6 Å². The van der Waals surface area contributed by atoms with E-state index in [1.54, 1.807) is 0 Å². The van der Waals surface area contributed by atoms with Gasteiger partial charge in [-0.1, -0.05) is 0 Å². The van der Waals surface area contributed by atoms with Gasteiger partial charge in [0.2, 0.25) is 10.0 Å². The second-order valence-corrected chi connectivity index (χ2v) is 4.61. The predicted octanol–water partition coefficient (Wildman–Crippen LogP) is -0.197. The van der Waals surface area contributed by atoms with Gasteiger partial charge in [0, 0.05) is 7.05 Å². The fourth-order valence-electron chi connectivity index (χ4n) is 0.622. The lowest BCUT2D eigenvalue weighted by atomic mass is 10.6. The van der Waals surface area contributed by atoms with E-state index in [1.165, 1.54) is 0 Å². The van der Waals surface area contributed by atoms with Crippen molar-refractivity contribution in [1.29, 1.82) is 0 Å². The van der Waals surface area contributed by atoms with Crippen LogP contribution in [-0.4, -0.2) is 50.0 Å². The molecule has 0 radical (unpaired) electrons. The lowest BCUT2D eigenvalue weighted by molar-refractivity contribution is -0.134. The summed E-state index contributed by atoms with van der Waals surface area (Å²) in [6, 6.07) is 0. The van der Waals surface area contributed by atoms with Gasteiger partial charge >= 0.3 is 6.18 Å². The van der Waals surface area contributed by atoms with Gasteiger partial charge in [-0.2, -0.15) is 17.5 Å². The third-order valence-electron chi connectivity index (χ3n) is 1.23. The van der Waals surface area contributed by atoms with Gasteiger partial charge in [-0.05, 0) is 0 Å². The standard InChI is InChI=1S/C5H10F3NO3S/c1-9(4-5(6,7)8)13(11,12)3-2-10/h10H,2-4H2,1H3. The summed E-state index contributed by atoms with van der Waals surface area (Å²) in [6.07, 6.45) is -4.56. The van der Waals surface area contributed by atoms with Crippen LogP contribution in [0.25, 0.3) is 0 Å². The van der Waals surface area contributed by atoms with Crippen LogP contribution in [0.3, 0.4) is 0 Å². The van der Waals surface area contributed by atoms with E-state index in [4.69, 9.17) is 5.11 Å². The summed E-state index contributed by atoms with van der Waals surface area (Å²) in [5.74, 6) is -0.695. The maximum Gasteiger partial charge on any atom is 0.402 e. The molecule has 0 rings (SSSR count). The normalized spacial score (nSPS) is 13.7. The van der Waals surface area contributed by atoms with Crippen molar-refractivity contribution in [2.45, 2.75) is 6.18 Å². The average molecular weight is 221 g/mol. The van der Waals surface area contributed by atoms with Gasteiger partial charge < -0.3 is 5.11 Å². The van der Waals surface area contributed by atoms with Crippen LogP contribution in [0.5, 0.6) is 0 Å². The molecule has 1 N–H and O–H groups in total. The van der Waals surface area contributed by atoms with E-state index in [0.717, 1.165) is 7.05 Å². The minimum Gasteiger partial charge on any atom is -0.395 e. The van der Waals surface area contributed by atoms with Gasteiger partial charge in [0.05, 0.1) is 12.4 Å². The first kappa shape index (κ1) is 12.7. The summed E-state index contributed by atoms with van der Waals surface area (Å²) >= 11 is 0. The quantitative estimate of drug-likeness (QED) is 0.715. The monoisotopic (exact) mass is 221 g/mol. The van der Waals surface area contributed by atoms with Crippen LogP contribution in [0.4, 0.5) is 13.2 Å². The predicted molar refractivity (Wildman–Crippen MR) is 39.6 cm³/mol. The Morgan fingerprint density at radius 1 is 1.38 bits per heavy atom. The number of aliphatic hydroxyl groups excluding tert-OH is 1.